The first-order valence-electron chi connectivity index (χ1n) is 6.12. The Balaban J connectivity index is 1.77. The SMILES string of the molecule is CC1(CNC(=O)Cn2cc(N)cn2)CCCC1. The highest BCUT2D eigenvalue weighted by Crippen LogP contribution is 2.36. The van der Waals surface area contributed by atoms with Crippen LogP contribution in [0.15, 0.2) is 12.4 Å². The van der Waals surface area contributed by atoms with Gasteiger partial charge in [-0.2, -0.15) is 5.10 Å². The highest BCUT2D eigenvalue weighted by atomic mass is 16.2. The van der Waals surface area contributed by atoms with Crippen LogP contribution in [0.4, 0.5) is 5.69 Å². The van der Waals surface area contributed by atoms with Gasteiger partial charge in [0.25, 0.3) is 0 Å². The molecule has 0 aliphatic heterocycles. The van der Waals surface area contributed by atoms with Crippen LogP contribution in [0, 0.1) is 5.41 Å². The Bertz CT molecular complexity index is 393. The number of nitrogens with zero attached hydrogens (tertiary/aromatic N) is 2. The van der Waals surface area contributed by atoms with E-state index in [0.29, 0.717) is 11.1 Å². The standard InChI is InChI=1S/C12H20N4O/c1-12(4-2-3-5-12)9-14-11(17)8-16-7-10(13)6-15-16/h6-7H,2-5,8-9,13H2,1H3,(H,14,17). The molecule has 1 aromatic rings. The van der Waals surface area contributed by atoms with Gasteiger partial charge in [-0.15, -0.1) is 0 Å². The van der Waals surface area contributed by atoms with Gasteiger partial charge in [0, 0.05) is 12.7 Å². The van der Waals surface area contributed by atoms with Crippen molar-refractivity contribution < 1.29 is 4.79 Å². The average molecular weight is 236 g/mol. The van der Waals surface area contributed by atoms with E-state index in [1.165, 1.54) is 25.7 Å². The first kappa shape index (κ1) is 12.0. The fraction of sp³-hybridized carbons (Fsp3) is 0.667. The minimum Gasteiger partial charge on any atom is -0.396 e. The van der Waals surface area contributed by atoms with E-state index in [1.807, 2.05) is 0 Å². The topological polar surface area (TPSA) is 72.9 Å². The quantitative estimate of drug-likeness (QED) is 0.824. The lowest BCUT2D eigenvalue weighted by molar-refractivity contribution is -0.122. The van der Waals surface area contributed by atoms with Gasteiger partial charge in [0.05, 0.1) is 11.9 Å². The maximum atomic E-state index is 11.7. The van der Waals surface area contributed by atoms with Crippen LogP contribution in [0.3, 0.4) is 0 Å². The van der Waals surface area contributed by atoms with E-state index in [2.05, 4.69) is 17.3 Å². The maximum Gasteiger partial charge on any atom is 0.241 e. The van der Waals surface area contributed by atoms with E-state index >= 15 is 0 Å². The van der Waals surface area contributed by atoms with Crippen molar-refractivity contribution in [1.82, 2.24) is 15.1 Å². The fourth-order valence-electron chi connectivity index (χ4n) is 2.39. The van der Waals surface area contributed by atoms with Crippen LogP contribution < -0.4 is 11.1 Å². The summed E-state index contributed by atoms with van der Waals surface area (Å²) in [6.45, 7) is 3.25. The Morgan fingerprint density at radius 2 is 2.29 bits per heavy atom. The molecule has 1 heterocycles. The van der Waals surface area contributed by atoms with Crippen LogP contribution >= 0.6 is 0 Å². The van der Waals surface area contributed by atoms with Gasteiger partial charge in [-0.05, 0) is 18.3 Å². The van der Waals surface area contributed by atoms with E-state index in [1.54, 1.807) is 17.1 Å². The fourth-order valence-corrected chi connectivity index (χ4v) is 2.39. The third kappa shape index (κ3) is 3.22. The van der Waals surface area contributed by atoms with Crippen LogP contribution in [0.5, 0.6) is 0 Å². The largest absolute Gasteiger partial charge is 0.396 e. The molecule has 5 heteroatoms. The van der Waals surface area contributed by atoms with Crippen molar-refractivity contribution in [1.29, 1.82) is 0 Å². The minimum absolute atomic E-state index is 0.00113. The average Bonchev–Trinajstić information content (AvgIpc) is 2.86. The summed E-state index contributed by atoms with van der Waals surface area (Å²) < 4.78 is 1.56. The van der Waals surface area contributed by atoms with Crippen molar-refractivity contribution in [2.24, 2.45) is 5.41 Å². The summed E-state index contributed by atoms with van der Waals surface area (Å²) in [7, 11) is 0. The Labute approximate surface area is 101 Å². The van der Waals surface area contributed by atoms with Crippen molar-refractivity contribution in [2.45, 2.75) is 39.2 Å². The van der Waals surface area contributed by atoms with Gasteiger partial charge in [0.15, 0.2) is 0 Å². The van der Waals surface area contributed by atoms with Crippen molar-refractivity contribution in [3.63, 3.8) is 0 Å². The molecule has 0 unspecified atom stereocenters. The van der Waals surface area contributed by atoms with Gasteiger partial charge in [-0.1, -0.05) is 19.8 Å². The molecule has 0 bridgehead atoms. The molecule has 1 fully saturated rings. The van der Waals surface area contributed by atoms with Gasteiger partial charge in [0.1, 0.15) is 6.54 Å². The third-order valence-electron chi connectivity index (χ3n) is 3.48. The summed E-state index contributed by atoms with van der Waals surface area (Å²) in [6.07, 6.45) is 8.19. The lowest BCUT2D eigenvalue weighted by atomic mass is 9.89. The number of anilines is 1. The van der Waals surface area contributed by atoms with Gasteiger partial charge < -0.3 is 11.1 Å². The molecule has 2 rings (SSSR count). The second-order valence-corrected chi connectivity index (χ2v) is 5.27. The highest BCUT2D eigenvalue weighted by molar-refractivity contribution is 5.75. The summed E-state index contributed by atoms with van der Waals surface area (Å²) >= 11 is 0. The van der Waals surface area contributed by atoms with E-state index < -0.39 is 0 Å². The molecule has 94 valence electrons. The number of aromatic nitrogens is 2. The summed E-state index contributed by atoms with van der Waals surface area (Å²) in [4.78, 5) is 11.7. The molecule has 0 saturated heterocycles. The predicted molar refractivity (Wildman–Crippen MR) is 66.2 cm³/mol. The van der Waals surface area contributed by atoms with E-state index in [9.17, 15) is 4.79 Å². The minimum atomic E-state index is 0.00113. The first-order chi connectivity index (χ1) is 8.07. The Morgan fingerprint density at radius 3 is 2.88 bits per heavy atom. The van der Waals surface area contributed by atoms with Crippen LogP contribution in [-0.2, 0) is 11.3 Å². The maximum absolute atomic E-state index is 11.7. The number of carbonyl (C=O) groups is 1. The molecule has 1 saturated carbocycles. The van der Waals surface area contributed by atoms with E-state index in [4.69, 9.17) is 5.73 Å². The number of nitrogen functional groups attached to an aromatic ring is 1. The molecule has 1 aromatic heterocycles. The van der Waals surface area contributed by atoms with Crippen LogP contribution in [0.25, 0.3) is 0 Å². The molecule has 5 nitrogen and oxygen atoms in total. The van der Waals surface area contributed by atoms with Crippen molar-refractivity contribution >= 4 is 11.6 Å². The number of nitrogens with one attached hydrogen (secondary N) is 1. The lowest BCUT2D eigenvalue weighted by Gasteiger charge is -2.23. The third-order valence-corrected chi connectivity index (χ3v) is 3.48. The predicted octanol–water partition coefficient (Wildman–Crippen LogP) is 1.16. The molecule has 1 aliphatic carbocycles. The van der Waals surface area contributed by atoms with Gasteiger partial charge >= 0.3 is 0 Å². The molecule has 0 atom stereocenters. The van der Waals surface area contributed by atoms with Gasteiger partial charge in [0.2, 0.25) is 5.91 Å². The molecule has 1 aliphatic rings. The molecule has 0 aromatic carbocycles. The molecule has 3 N–H and O–H groups in total. The Morgan fingerprint density at radius 1 is 1.59 bits per heavy atom. The normalized spacial score (nSPS) is 18.2. The summed E-state index contributed by atoms with van der Waals surface area (Å²) in [5, 5.41) is 6.97. The Kier molecular flexibility index (Phi) is 3.36. The van der Waals surface area contributed by atoms with Crippen molar-refractivity contribution in [3.8, 4) is 0 Å². The second kappa shape index (κ2) is 4.77. The zero-order valence-electron chi connectivity index (χ0n) is 10.3. The van der Waals surface area contributed by atoms with E-state index in [-0.39, 0.29) is 12.5 Å². The molecule has 17 heavy (non-hydrogen) atoms. The zero-order valence-corrected chi connectivity index (χ0v) is 10.3. The number of hydrogen-bond acceptors (Lipinski definition) is 3. The zero-order chi connectivity index (χ0) is 12.3. The summed E-state index contributed by atoms with van der Waals surface area (Å²) in [5.74, 6) is 0.00113. The number of nitrogens with two attached hydrogens (primary N) is 1. The van der Waals surface area contributed by atoms with Crippen molar-refractivity contribution in [2.75, 3.05) is 12.3 Å². The summed E-state index contributed by atoms with van der Waals surface area (Å²) in [5.41, 5.74) is 6.41. The van der Waals surface area contributed by atoms with E-state index in [0.717, 1.165) is 6.54 Å². The highest BCUT2D eigenvalue weighted by Gasteiger charge is 2.28. The number of amides is 1. The summed E-state index contributed by atoms with van der Waals surface area (Å²) in [6, 6.07) is 0. The van der Waals surface area contributed by atoms with Crippen LogP contribution in [-0.4, -0.2) is 22.2 Å². The molecule has 0 radical (unpaired) electrons. The molecule has 0 spiro atoms. The Hall–Kier alpha value is -1.52. The second-order valence-electron chi connectivity index (χ2n) is 5.27. The van der Waals surface area contributed by atoms with Gasteiger partial charge in [-0.3, -0.25) is 9.48 Å². The van der Waals surface area contributed by atoms with Crippen LogP contribution in [0.1, 0.15) is 32.6 Å². The smallest absolute Gasteiger partial charge is 0.241 e. The number of rotatable bonds is 4. The molecular formula is C12H20N4O. The van der Waals surface area contributed by atoms with Crippen molar-refractivity contribution in [3.05, 3.63) is 12.4 Å². The molecule has 1 amide bonds. The van der Waals surface area contributed by atoms with Crippen LogP contribution in [0.2, 0.25) is 0 Å². The molecular weight excluding hydrogens is 216 g/mol. The monoisotopic (exact) mass is 236 g/mol. The first-order valence-corrected chi connectivity index (χ1v) is 6.12. The lowest BCUT2D eigenvalue weighted by Crippen LogP contribution is -2.36. The number of carbonyl (C=O) groups excluding carboxylic acids is 1. The number of hydrogen-bond donors (Lipinski definition) is 2. The van der Waals surface area contributed by atoms with Gasteiger partial charge in [-0.25, -0.2) is 0 Å².